The highest BCUT2D eigenvalue weighted by Gasteiger charge is 2.13. The molecule has 0 bridgehead atoms. The second-order valence-electron chi connectivity index (χ2n) is 6.07. The average molecular weight is 353 g/mol. The maximum atomic E-state index is 11.8. The summed E-state index contributed by atoms with van der Waals surface area (Å²) in [6.45, 7) is 7.65. The van der Waals surface area contributed by atoms with E-state index in [1.165, 1.54) is 0 Å². The third-order valence-electron chi connectivity index (χ3n) is 4.05. The molecule has 1 aliphatic rings. The Morgan fingerprint density at radius 1 is 1.42 bits per heavy atom. The van der Waals surface area contributed by atoms with Crippen molar-refractivity contribution in [3.05, 3.63) is 23.4 Å². The minimum Gasteiger partial charge on any atom is -0.388 e. The largest absolute Gasteiger partial charge is 0.388 e. The molecule has 136 valence electrons. The molecule has 1 rings (SSSR count). The highest BCUT2D eigenvalue weighted by Crippen LogP contribution is 2.22. The highest BCUT2D eigenvalue weighted by atomic mass is 32.2. The van der Waals surface area contributed by atoms with Crippen LogP contribution in [0, 0.1) is 5.92 Å². The van der Waals surface area contributed by atoms with E-state index in [-0.39, 0.29) is 17.9 Å². The molecule has 4 N–H and O–H groups in total. The number of amides is 1. The van der Waals surface area contributed by atoms with Crippen molar-refractivity contribution in [2.45, 2.75) is 51.5 Å². The Bertz CT molecular complexity index is 462. The van der Waals surface area contributed by atoms with Gasteiger partial charge >= 0.3 is 0 Å². The minimum absolute atomic E-state index is 0.0425. The van der Waals surface area contributed by atoms with Gasteiger partial charge in [-0.1, -0.05) is 38.8 Å². The van der Waals surface area contributed by atoms with Gasteiger partial charge in [0.15, 0.2) is 0 Å². The predicted molar refractivity (Wildman–Crippen MR) is 105 cm³/mol. The Balaban J connectivity index is 2.09. The van der Waals surface area contributed by atoms with Gasteiger partial charge < -0.3 is 16.4 Å². The molecule has 0 aromatic carbocycles. The van der Waals surface area contributed by atoms with E-state index in [1.807, 2.05) is 12.5 Å². The van der Waals surface area contributed by atoms with Crippen molar-refractivity contribution in [1.82, 2.24) is 10.6 Å². The van der Waals surface area contributed by atoms with E-state index < -0.39 is 0 Å². The summed E-state index contributed by atoms with van der Waals surface area (Å²) < 4.78 is 0. The summed E-state index contributed by atoms with van der Waals surface area (Å²) in [5, 5.41) is 7.30. The minimum atomic E-state index is -0.379. The first-order valence-corrected chi connectivity index (χ1v) is 10.0. The molecule has 0 spiro atoms. The zero-order chi connectivity index (χ0) is 17.8. The van der Waals surface area contributed by atoms with Crippen molar-refractivity contribution in [3.63, 3.8) is 0 Å². The summed E-state index contributed by atoms with van der Waals surface area (Å²) in [7, 11) is 0. The van der Waals surface area contributed by atoms with Crippen LogP contribution in [0.4, 0.5) is 0 Å². The molecule has 1 aliphatic heterocycles. The van der Waals surface area contributed by atoms with Gasteiger partial charge in [-0.3, -0.25) is 9.79 Å². The first kappa shape index (κ1) is 20.8. The second-order valence-corrected chi connectivity index (χ2v) is 6.89. The number of unbranched alkanes of at least 4 members (excludes halogenated alkanes) is 2. The van der Waals surface area contributed by atoms with Gasteiger partial charge in [0.1, 0.15) is 0 Å². The Labute approximate surface area is 150 Å². The molecule has 0 aromatic rings. The van der Waals surface area contributed by atoms with Crippen molar-refractivity contribution >= 4 is 23.9 Å². The van der Waals surface area contributed by atoms with Crippen LogP contribution in [0.3, 0.4) is 0 Å². The molecule has 0 saturated heterocycles. The fourth-order valence-corrected chi connectivity index (χ4v) is 2.86. The Morgan fingerprint density at radius 3 is 2.79 bits per heavy atom. The van der Waals surface area contributed by atoms with E-state index in [0.717, 1.165) is 55.8 Å². The Kier molecular flexibility index (Phi) is 10.5. The molecule has 5 nitrogen and oxygen atoms in total. The number of nitrogens with one attached hydrogen (secondary N) is 2. The molecule has 0 aromatic heterocycles. The summed E-state index contributed by atoms with van der Waals surface area (Å²) in [6, 6.07) is -0.379. The van der Waals surface area contributed by atoms with Crippen LogP contribution in [0.1, 0.15) is 45.4 Å². The lowest BCUT2D eigenvalue weighted by molar-refractivity contribution is -0.122. The van der Waals surface area contributed by atoms with Crippen LogP contribution in [0.25, 0.3) is 0 Å². The fourth-order valence-electron chi connectivity index (χ4n) is 2.43. The summed E-state index contributed by atoms with van der Waals surface area (Å²) in [4.78, 5) is 16.2. The number of carbonyl (C=O) groups excluding carboxylic acids is 1. The number of allylic oxidation sites excluding steroid dienone is 2. The van der Waals surface area contributed by atoms with Crippen LogP contribution in [0.2, 0.25) is 0 Å². The maximum Gasteiger partial charge on any atom is 0.236 e. The molecule has 0 fully saturated rings. The molecule has 1 amide bonds. The lowest BCUT2D eigenvalue weighted by Gasteiger charge is -2.19. The van der Waals surface area contributed by atoms with E-state index in [9.17, 15) is 4.79 Å². The Hall–Kier alpha value is -1.27. The second kappa shape index (κ2) is 12.1. The lowest BCUT2D eigenvalue weighted by Crippen LogP contribution is -2.41. The molecule has 1 unspecified atom stereocenters. The molecule has 0 aliphatic carbocycles. The number of carbonyl (C=O) groups is 1. The number of hydrogen-bond donors (Lipinski definition) is 3. The lowest BCUT2D eigenvalue weighted by atomic mass is 10.0. The monoisotopic (exact) mass is 352 g/mol. The van der Waals surface area contributed by atoms with Crippen LogP contribution < -0.4 is 16.4 Å². The third kappa shape index (κ3) is 8.02. The quantitative estimate of drug-likeness (QED) is 0.472. The van der Waals surface area contributed by atoms with Gasteiger partial charge in [-0.05, 0) is 25.5 Å². The molecule has 0 radical (unpaired) electrons. The van der Waals surface area contributed by atoms with Gasteiger partial charge in [-0.2, -0.15) is 0 Å². The van der Waals surface area contributed by atoms with E-state index in [4.69, 9.17) is 5.73 Å². The zero-order valence-corrected chi connectivity index (χ0v) is 15.8. The predicted octanol–water partition coefficient (Wildman–Crippen LogP) is 2.80. The highest BCUT2D eigenvalue weighted by molar-refractivity contribution is 8.02. The Morgan fingerprint density at radius 2 is 2.17 bits per heavy atom. The van der Waals surface area contributed by atoms with E-state index >= 15 is 0 Å². The molecular formula is C18H32N4OS. The number of nitrogens with two attached hydrogens (primary N) is 1. The van der Waals surface area contributed by atoms with Gasteiger partial charge in [-0.15, -0.1) is 11.8 Å². The molecule has 24 heavy (non-hydrogen) atoms. The first-order valence-electron chi connectivity index (χ1n) is 8.82. The summed E-state index contributed by atoms with van der Waals surface area (Å²) >= 11 is 1.66. The topological polar surface area (TPSA) is 79.5 Å². The summed E-state index contributed by atoms with van der Waals surface area (Å²) in [5.41, 5.74) is 6.86. The number of rotatable bonds is 12. The third-order valence-corrected chi connectivity index (χ3v) is 4.74. The van der Waals surface area contributed by atoms with Gasteiger partial charge in [0.25, 0.3) is 0 Å². The van der Waals surface area contributed by atoms with E-state index in [0.29, 0.717) is 6.54 Å². The normalized spacial score (nSPS) is 18.0. The van der Waals surface area contributed by atoms with Crippen LogP contribution >= 0.6 is 11.8 Å². The zero-order valence-electron chi connectivity index (χ0n) is 15.0. The standard InChI is InChI=1S/C18H32N4OS/c1-4-5-6-8-16(19)18(23)21-12-7-11-20-14(2)15-9-10-17(24-3)22-13-15/h10,13,15-16,20H,2,4-9,11-12,19H2,1,3H3,(H,21,23)/t15?,16-/m0/s1. The molecule has 1 heterocycles. The van der Waals surface area contributed by atoms with Gasteiger partial charge in [-0.25, -0.2) is 0 Å². The van der Waals surface area contributed by atoms with Gasteiger partial charge in [0.05, 0.1) is 11.1 Å². The average Bonchev–Trinajstić information content (AvgIpc) is 2.61. The van der Waals surface area contributed by atoms with Crippen LogP contribution in [0.15, 0.2) is 28.4 Å². The van der Waals surface area contributed by atoms with Crippen molar-refractivity contribution in [3.8, 4) is 0 Å². The summed E-state index contributed by atoms with van der Waals surface area (Å²) in [6.07, 6.45) is 12.0. The van der Waals surface area contributed by atoms with Crippen molar-refractivity contribution in [2.75, 3.05) is 19.3 Å². The van der Waals surface area contributed by atoms with E-state index in [1.54, 1.807) is 11.8 Å². The number of thioether (sulfide) groups is 1. The van der Waals surface area contributed by atoms with Gasteiger partial charge in [0, 0.05) is 30.9 Å². The maximum absolute atomic E-state index is 11.8. The first-order chi connectivity index (χ1) is 11.6. The van der Waals surface area contributed by atoms with Crippen LogP contribution in [0.5, 0.6) is 0 Å². The number of aliphatic imine (C=N–C) groups is 1. The molecule has 2 atom stereocenters. The fraction of sp³-hybridized carbons (Fsp3) is 0.667. The van der Waals surface area contributed by atoms with Crippen molar-refractivity contribution < 1.29 is 4.79 Å². The van der Waals surface area contributed by atoms with Crippen LogP contribution in [-0.4, -0.2) is 37.5 Å². The van der Waals surface area contributed by atoms with Crippen molar-refractivity contribution in [1.29, 1.82) is 0 Å². The smallest absolute Gasteiger partial charge is 0.236 e. The molecule has 0 saturated carbocycles. The summed E-state index contributed by atoms with van der Waals surface area (Å²) in [5.74, 6) is 0.210. The molecular weight excluding hydrogens is 320 g/mol. The SMILES string of the molecule is C=C(NCCCNC(=O)[C@@H](N)CCCCC)C1C=NC(SC)=CC1. The number of hydrogen-bond acceptors (Lipinski definition) is 5. The van der Waals surface area contributed by atoms with Crippen molar-refractivity contribution in [2.24, 2.45) is 16.6 Å². The van der Waals surface area contributed by atoms with Crippen LogP contribution in [-0.2, 0) is 4.79 Å². The van der Waals surface area contributed by atoms with E-state index in [2.05, 4.69) is 35.2 Å². The molecule has 6 heteroatoms. The van der Waals surface area contributed by atoms with Gasteiger partial charge in [0.2, 0.25) is 5.91 Å². The number of nitrogens with zero attached hydrogens (tertiary/aromatic N) is 1.